The first-order chi connectivity index (χ1) is 17.1. The Labute approximate surface area is 207 Å². The number of hydrogen-bond acceptors (Lipinski definition) is 7. The van der Waals surface area contributed by atoms with Crippen molar-refractivity contribution >= 4 is 11.9 Å². The molecule has 7 heteroatoms. The molecule has 1 unspecified atom stereocenters. The van der Waals surface area contributed by atoms with E-state index in [2.05, 4.69) is 37.0 Å². The number of nitrogens with zero attached hydrogens (tertiary/aromatic N) is 1. The van der Waals surface area contributed by atoms with Crippen molar-refractivity contribution in [2.75, 3.05) is 13.3 Å². The number of rotatable bonds is 10. The molecule has 1 saturated heterocycles. The molecular formula is C28H37NO6. The van der Waals surface area contributed by atoms with Crippen molar-refractivity contribution in [1.29, 1.82) is 0 Å². The number of unbranched alkanes of at least 4 members (excludes halogenated alkanes) is 4. The van der Waals surface area contributed by atoms with E-state index in [9.17, 15) is 9.59 Å². The number of carbonyl (C=O) groups is 2. The summed E-state index contributed by atoms with van der Waals surface area (Å²) >= 11 is 0. The molecule has 3 aliphatic heterocycles. The summed E-state index contributed by atoms with van der Waals surface area (Å²) < 4.78 is 23.5. The van der Waals surface area contributed by atoms with Crippen molar-refractivity contribution in [2.45, 2.75) is 102 Å². The van der Waals surface area contributed by atoms with Crippen LogP contribution in [0.1, 0.15) is 88.7 Å². The summed E-state index contributed by atoms with van der Waals surface area (Å²) in [5.41, 5.74) is 3.56. The van der Waals surface area contributed by atoms with Crippen LogP contribution in [0.15, 0.2) is 23.8 Å². The minimum absolute atomic E-state index is 0.112. The van der Waals surface area contributed by atoms with Crippen LogP contribution < -0.4 is 9.47 Å². The van der Waals surface area contributed by atoms with Gasteiger partial charge < -0.3 is 18.9 Å². The fraction of sp³-hybridized carbons (Fsp3) is 0.643. The van der Waals surface area contributed by atoms with Crippen LogP contribution in [0.2, 0.25) is 0 Å². The largest absolute Gasteiger partial charge is 0.457 e. The van der Waals surface area contributed by atoms with E-state index in [-0.39, 0.29) is 30.7 Å². The van der Waals surface area contributed by atoms with Crippen LogP contribution in [0.4, 0.5) is 0 Å². The molecule has 190 valence electrons. The Hall–Kier alpha value is -2.54. The highest BCUT2D eigenvalue weighted by Gasteiger charge is 2.52. The molecule has 0 N–H and O–H groups in total. The highest BCUT2D eigenvalue weighted by molar-refractivity contribution is 5.71. The van der Waals surface area contributed by atoms with Gasteiger partial charge in [-0.05, 0) is 48.6 Å². The number of esters is 2. The normalized spacial score (nSPS) is 26.1. The molecule has 0 bridgehead atoms. The van der Waals surface area contributed by atoms with Gasteiger partial charge in [-0.3, -0.25) is 14.5 Å². The lowest BCUT2D eigenvalue weighted by atomic mass is 9.73. The van der Waals surface area contributed by atoms with E-state index in [1.54, 1.807) is 0 Å². The van der Waals surface area contributed by atoms with Crippen LogP contribution in [0.25, 0.3) is 0 Å². The van der Waals surface area contributed by atoms with Gasteiger partial charge in [0.05, 0.1) is 0 Å². The van der Waals surface area contributed by atoms with Crippen molar-refractivity contribution in [3.8, 4) is 11.5 Å². The van der Waals surface area contributed by atoms with Crippen molar-refractivity contribution < 1.29 is 28.5 Å². The summed E-state index contributed by atoms with van der Waals surface area (Å²) in [6.07, 6.45) is 8.33. The maximum atomic E-state index is 12.9. The van der Waals surface area contributed by atoms with E-state index in [4.69, 9.17) is 18.9 Å². The van der Waals surface area contributed by atoms with Gasteiger partial charge in [0.1, 0.15) is 0 Å². The van der Waals surface area contributed by atoms with Crippen molar-refractivity contribution in [3.05, 3.63) is 34.9 Å². The quantitative estimate of drug-likeness (QED) is 0.263. The summed E-state index contributed by atoms with van der Waals surface area (Å²) in [5, 5.41) is 0. The zero-order valence-corrected chi connectivity index (χ0v) is 20.9. The Morgan fingerprint density at radius 1 is 0.971 bits per heavy atom. The average Bonchev–Trinajstić information content (AvgIpc) is 3.46. The summed E-state index contributed by atoms with van der Waals surface area (Å²) in [5.74, 6) is 0.943. The molecule has 0 saturated carbocycles. The predicted octanol–water partition coefficient (Wildman–Crippen LogP) is 5.01. The average molecular weight is 484 g/mol. The van der Waals surface area contributed by atoms with Gasteiger partial charge >= 0.3 is 11.9 Å². The summed E-state index contributed by atoms with van der Waals surface area (Å²) in [6.45, 7) is 6.21. The van der Waals surface area contributed by atoms with Gasteiger partial charge in [-0.15, -0.1) is 0 Å². The Morgan fingerprint density at radius 2 is 1.66 bits per heavy atom. The molecule has 4 aliphatic rings. The molecule has 5 rings (SSSR count). The number of carbonyl (C=O) groups excluding carboxylic acids is 2. The summed E-state index contributed by atoms with van der Waals surface area (Å²) in [6, 6.07) is 4.26. The minimum atomic E-state index is -0.577. The zero-order chi connectivity index (χ0) is 24.4. The standard InChI is InChI=1S/C28H37NO6/c1-3-5-7-9-24(30)34-23-13-18-11-12-29-16-19-14-21-22(33-17-32-21)15-20(19)26(27(18)29)28(23)35-25(31)10-8-6-4-2/h13-15,23,26-28H,3-12,16-17H2,1-2H3/t23-,26-,27?,28+/m0/s1. The number of ether oxygens (including phenoxy) is 4. The molecule has 1 aliphatic carbocycles. The third-order valence-corrected chi connectivity index (χ3v) is 7.73. The van der Waals surface area contributed by atoms with Crippen molar-refractivity contribution in [3.63, 3.8) is 0 Å². The second-order valence-corrected chi connectivity index (χ2v) is 10.2. The highest BCUT2D eigenvalue weighted by atomic mass is 16.7. The first-order valence-corrected chi connectivity index (χ1v) is 13.3. The lowest BCUT2D eigenvalue weighted by Crippen LogP contribution is -2.52. The van der Waals surface area contributed by atoms with E-state index in [0.29, 0.717) is 12.8 Å². The topological polar surface area (TPSA) is 74.3 Å². The molecule has 3 heterocycles. The van der Waals surface area contributed by atoms with Gasteiger partial charge in [0, 0.05) is 37.9 Å². The van der Waals surface area contributed by atoms with Gasteiger partial charge in [-0.1, -0.05) is 45.1 Å². The molecule has 0 spiro atoms. The fourth-order valence-electron chi connectivity index (χ4n) is 6.02. The van der Waals surface area contributed by atoms with Crippen molar-refractivity contribution in [2.24, 2.45) is 0 Å². The van der Waals surface area contributed by atoms with Crippen molar-refractivity contribution in [1.82, 2.24) is 4.90 Å². The summed E-state index contributed by atoms with van der Waals surface area (Å²) in [7, 11) is 0. The molecule has 1 aromatic carbocycles. The van der Waals surface area contributed by atoms with E-state index in [1.165, 1.54) is 11.1 Å². The molecule has 1 fully saturated rings. The third kappa shape index (κ3) is 4.92. The third-order valence-electron chi connectivity index (χ3n) is 7.73. The number of fused-ring (bicyclic) bond motifs is 3. The SMILES string of the molecule is CCCCCC(=O)O[C@@H]1[C@@H](OC(=O)CCCCC)C=C2CCN3Cc4cc5c(cc4[C@H]1C23)OCO5. The van der Waals surface area contributed by atoms with Gasteiger partial charge in [-0.25, -0.2) is 0 Å². The van der Waals surface area contributed by atoms with Crippen LogP contribution in [0.3, 0.4) is 0 Å². The monoisotopic (exact) mass is 483 g/mol. The van der Waals surface area contributed by atoms with E-state index >= 15 is 0 Å². The maximum absolute atomic E-state index is 12.9. The van der Waals surface area contributed by atoms with Crippen LogP contribution in [0.5, 0.6) is 11.5 Å². The Balaban J connectivity index is 1.47. The number of benzene rings is 1. The summed E-state index contributed by atoms with van der Waals surface area (Å²) in [4.78, 5) is 28.1. The van der Waals surface area contributed by atoms with Gasteiger partial charge in [-0.2, -0.15) is 0 Å². The first-order valence-electron chi connectivity index (χ1n) is 13.3. The van der Waals surface area contributed by atoms with Crippen LogP contribution in [0, 0.1) is 0 Å². The van der Waals surface area contributed by atoms with E-state index in [0.717, 1.165) is 75.1 Å². The smallest absolute Gasteiger partial charge is 0.306 e. The molecule has 0 radical (unpaired) electrons. The fourth-order valence-corrected chi connectivity index (χ4v) is 6.02. The first kappa shape index (κ1) is 24.2. The second kappa shape index (κ2) is 10.6. The van der Waals surface area contributed by atoms with E-state index in [1.807, 2.05) is 0 Å². The predicted molar refractivity (Wildman–Crippen MR) is 130 cm³/mol. The maximum Gasteiger partial charge on any atom is 0.306 e. The lowest BCUT2D eigenvalue weighted by molar-refractivity contribution is -0.168. The molecule has 1 aromatic rings. The molecule has 0 amide bonds. The molecular weight excluding hydrogens is 446 g/mol. The molecule has 0 aromatic heterocycles. The molecule has 35 heavy (non-hydrogen) atoms. The highest BCUT2D eigenvalue weighted by Crippen LogP contribution is 2.50. The van der Waals surface area contributed by atoms with E-state index < -0.39 is 12.2 Å². The van der Waals surface area contributed by atoms with Gasteiger partial charge in [0.15, 0.2) is 23.7 Å². The van der Waals surface area contributed by atoms with Gasteiger partial charge in [0.25, 0.3) is 0 Å². The van der Waals surface area contributed by atoms with Gasteiger partial charge in [0.2, 0.25) is 6.79 Å². The second-order valence-electron chi connectivity index (χ2n) is 10.2. The molecule has 7 nitrogen and oxygen atoms in total. The lowest BCUT2D eigenvalue weighted by Gasteiger charge is -2.46. The zero-order valence-electron chi connectivity index (χ0n) is 20.9. The number of hydrogen-bond donors (Lipinski definition) is 0. The Bertz CT molecular complexity index is 988. The molecule has 4 atom stereocenters. The Kier molecular flexibility index (Phi) is 7.32. The van der Waals surface area contributed by atoms with Crippen LogP contribution in [-0.4, -0.2) is 48.4 Å². The minimum Gasteiger partial charge on any atom is -0.457 e. The van der Waals surface area contributed by atoms with Crippen LogP contribution in [-0.2, 0) is 25.6 Å². The Morgan fingerprint density at radius 3 is 2.37 bits per heavy atom. The van der Waals surface area contributed by atoms with Crippen LogP contribution >= 0.6 is 0 Å².